The predicted octanol–water partition coefficient (Wildman–Crippen LogP) is 4.72. The van der Waals surface area contributed by atoms with Crippen LogP contribution in [-0.4, -0.2) is 12.7 Å². The summed E-state index contributed by atoms with van der Waals surface area (Å²) >= 11 is 5.86. The van der Waals surface area contributed by atoms with Crippen molar-refractivity contribution >= 4 is 11.6 Å². The molecule has 0 aliphatic carbocycles. The third kappa shape index (κ3) is 5.74. The molecule has 1 unspecified atom stereocenters. The first kappa shape index (κ1) is 15.3. The van der Waals surface area contributed by atoms with Crippen molar-refractivity contribution in [1.82, 2.24) is 5.32 Å². The van der Waals surface area contributed by atoms with Gasteiger partial charge in [-0.05, 0) is 37.1 Å². The Morgan fingerprint density at radius 3 is 2.61 bits per heavy atom. The summed E-state index contributed by atoms with van der Waals surface area (Å²) in [6.07, 6.45) is -4.00. The fourth-order valence-electron chi connectivity index (χ4n) is 1.74. The van der Waals surface area contributed by atoms with Crippen LogP contribution in [0.3, 0.4) is 0 Å². The van der Waals surface area contributed by atoms with Crippen molar-refractivity contribution in [3.63, 3.8) is 0 Å². The molecule has 1 aromatic carbocycles. The van der Waals surface area contributed by atoms with Crippen LogP contribution in [0, 0.1) is 0 Å². The second-order valence-electron chi connectivity index (χ2n) is 4.22. The lowest BCUT2D eigenvalue weighted by Gasteiger charge is -2.20. The Bertz CT molecular complexity index is 365. The Morgan fingerprint density at radius 1 is 1.33 bits per heavy atom. The van der Waals surface area contributed by atoms with Gasteiger partial charge >= 0.3 is 6.18 Å². The first-order chi connectivity index (χ1) is 8.42. The van der Waals surface area contributed by atoms with Gasteiger partial charge in [-0.15, -0.1) is 0 Å². The molecule has 0 heterocycles. The molecule has 0 fully saturated rings. The maximum Gasteiger partial charge on any atom is 0.389 e. The summed E-state index contributed by atoms with van der Waals surface area (Å²) in [6.45, 7) is 2.67. The van der Waals surface area contributed by atoms with Crippen LogP contribution in [0.5, 0.6) is 0 Å². The summed E-state index contributed by atoms with van der Waals surface area (Å²) in [7, 11) is 0. The predicted molar refractivity (Wildman–Crippen MR) is 67.8 cm³/mol. The lowest BCUT2D eigenvalue weighted by Crippen LogP contribution is -2.24. The Kier molecular flexibility index (Phi) is 5.96. The van der Waals surface area contributed by atoms with Gasteiger partial charge in [-0.1, -0.05) is 30.7 Å². The third-order valence-electron chi connectivity index (χ3n) is 2.61. The normalized spacial score (nSPS) is 13.6. The highest BCUT2D eigenvalue weighted by molar-refractivity contribution is 6.30. The van der Waals surface area contributed by atoms with E-state index in [9.17, 15) is 13.2 Å². The second-order valence-corrected chi connectivity index (χ2v) is 4.65. The number of hydrogen-bond donors (Lipinski definition) is 1. The van der Waals surface area contributed by atoms with E-state index >= 15 is 0 Å². The maximum atomic E-state index is 12.3. The molecule has 0 saturated carbocycles. The number of benzene rings is 1. The number of rotatable bonds is 6. The van der Waals surface area contributed by atoms with E-state index in [0.717, 1.165) is 12.0 Å². The second kappa shape index (κ2) is 7.00. The van der Waals surface area contributed by atoms with Crippen molar-refractivity contribution in [3.05, 3.63) is 34.9 Å². The van der Waals surface area contributed by atoms with Crippen molar-refractivity contribution in [2.24, 2.45) is 0 Å². The van der Waals surface area contributed by atoms with E-state index < -0.39 is 12.6 Å². The van der Waals surface area contributed by atoms with Crippen LogP contribution < -0.4 is 5.32 Å². The maximum absolute atomic E-state index is 12.3. The summed E-state index contributed by atoms with van der Waals surface area (Å²) < 4.78 is 36.8. The molecule has 0 aromatic heterocycles. The van der Waals surface area contributed by atoms with E-state index in [1.807, 2.05) is 6.92 Å². The van der Waals surface area contributed by atoms with Gasteiger partial charge < -0.3 is 5.32 Å². The Morgan fingerprint density at radius 2 is 2.06 bits per heavy atom. The monoisotopic (exact) mass is 279 g/mol. The van der Waals surface area contributed by atoms with Gasteiger partial charge in [0.1, 0.15) is 0 Å². The highest BCUT2D eigenvalue weighted by Gasteiger charge is 2.28. The number of nitrogens with one attached hydrogen (secondary N) is 1. The van der Waals surface area contributed by atoms with Crippen molar-refractivity contribution < 1.29 is 13.2 Å². The molecule has 1 nitrogen and oxygen atoms in total. The molecule has 0 amide bonds. The highest BCUT2D eigenvalue weighted by Crippen LogP contribution is 2.28. The Balaban J connectivity index is 2.71. The summed E-state index contributed by atoms with van der Waals surface area (Å²) in [4.78, 5) is 0. The molecule has 1 atom stereocenters. The van der Waals surface area contributed by atoms with E-state index in [0.29, 0.717) is 11.6 Å². The van der Waals surface area contributed by atoms with Gasteiger partial charge in [0, 0.05) is 17.5 Å². The summed E-state index contributed by atoms with van der Waals surface area (Å²) in [6, 6.07) is 6.68. The molecule has 0 aliphatic heterocycles. The molecule has 1 aromatic rings. The van der Waals surface area contributed by atoms with E-state index in [4.69, 9.17) is 11.6 Å². The molecule has 1 N–H and O–H groups in total. The van der Waals surface area contributed by atoms with Gasteiger partial charge in [0.15, 0.2) is 0 Å². The quantitative estimate of drug-likeness (QED) is 0.794. The molecular formula is C13H17ClF3N. The Hall–Kier alpha value is -0.740. The fraction of sp³-hybridized carbons (Fsp3) is 0.538. The molecule has 0 spiro atoms. The lowest BCUT2D eigenvalue weighted by molar-refractivity contribution is -0.136. The zero-order valence-electron chi connectivity index (χ0n) is 10.2. The Labute approximate surface area is 110 Å². The SMILES string of the molecule is CCCNC(CCC(F)(F)F)c1cccc(Cl)c1. The van der Waals surface area contributed by atoms with E-state index in [2.05, 4.69) is 5.32 Å². The van der Waals surface area contributed by atoms with Crippen LogP contribution in [0.2, 0.25) is 5.02 Å². The molecule has 0 radical (unpaired) electrons. The summed E-state index contributed by atoms with van der Waals surface area (Å²) in [5.74, 6) is 0. The molecule has 1 rings (SSSR count). The van der Waals surface area contributed by atoms with Crippen LogP contribution in [0.1, 0.15) is 37.8 Å². The van der Waals surface area contributed by atoms with Crippen molar-refractivity contribution in [1.29, 1.82) is 0 Å². The molecule has 102 valence electrons. The van der Waals surface area contributed by atoms with Crippen LogP contribution in [0.4, 0.5) is 13.2 Å². The first-order valence-electron chi connectivity index (χ1n) is 5.98. The average Bonchev–Trinajstić information content (AvgIpc) is 2.28. The largest absolute Gasteiger partial charge is 0.389 e. The van der Waals surface area contributed by atoms with Gasteiger partial charge in [-0.2, -0.15) is 13.2 Å². The minimum atomic E-state index is -4.12. The van der Waals surface area contributed by atoms with Gasteiger partial charge in [-0.3, -0.25) is 0 Å². The van der Waals surface area contributed by atoms with Gasteiger partial charge in [0.2, 0.25) is 0 Å². The minimum absolute atomic E-state index is 0.0316. The molecule has 5 heteroatoms. The zero-order chi connectivity index (χ0) is 13.6. The van der Waals surface area contributed by atoms with E-state index in [1.165, 1.54) is 0 Å². The van der Waals surface area contributed by atoms with E-state index in [-0.39, 0.29) is 12.5 Å². The molecule has 0 bridgehead atoms. The van der Waals surface area contributed by atoms with Crippen molar-refractivity contribution in [3.8, 4) is 0 Å². The standard InChI is InChI=1S/C13H17ClF3N/c1-2-8-18-12(6-7-13(15,16)17)10-4-3-5-11(14)9-10/h3-5,9,12,18H,2,6-8H2,1H3. The average molecular weight is 280 g/mol. The topological polar surface area (TPSA) is 12.0 Å². The molecule has 0 aliphatic rings. The van der Waals surface area contributed by atoms with Crippen molar-refractivity contribution in [2.45, 2.75) is 38.4 Å². The van der Waals surface area contributed by atoms with E-state index in [1.54, 1.807) is 24.3 Å². The van der Waals surface area contributed by atoms with Crippen LogP contribution in [0.25, 0.3) is 0 Å². The first-order valence-corrected chi connectivity index (χ1v) is 6.36. The summed E-state index contributed by atoms with van der Waals surface area (Å²) in [5.41, 5.74) is 0.806. The lowest BCUT2D eigenvalue weighted by atomic mass is 10.0. The van der Waals surface area contributed by atoms with Crippen molar-refractivity contribution in [2.75, 3.05) is 6.54 Å². The zero-order valence-corrected chi connectivity index (χ0v) is 11.0. The van der Waals surface area contributed by atoms with Gasteiger partial charge in [0.25, 0.3) is 0 Å². The highest BCUT2D eigenvalue weighted by atomic mass is 35.5. The van der Waals surface area contributed by atoms with Gasteiger partial charge in [-0.25, -0.2) is 0 Å². The van der Waals surface area contributed by atoms with Gasteiger partial charge in [0.05, 0.1) is 0 Å². The molecule has 0 saturated heterocycles. The van der Waals surface area contributed by atoms with Crippen LogP contribution in [0.15, 0.2) is 24.3 Å². The fourth-order valence-corrected chi connectivity index (χ4v) is 1.94. The smallest absolute Gasteiger partial charge is 0.310 e. The third-order valence-corrected chi connectivity index (χ3v) is 2.84. The van der Waals surface area contributed by atoms with Crippen LogP contribution in [-0.2, 0) is 0 Å². The van der Waals surface area contributed by atoms with Crippen LogP contribution >= 0.6 is 11.6 Å². The minimum Gasteiger partial charge on any atom is -0.310 e. The number of halogens is 4. The molecular weight excluding hydrogens is 263 g/mol. The summed E-state index contributed by atoms with van der Waals surface area (Å²) in [5, 5.41) is 3.67. The number of hydrogen-bond acceptors (Lipinski definition) is 1. The number of alkyl halides is 3. The molecule has 18 heavy (non-hydrogen) atoms.